The van der Waals surface area contributed by atoms with Crippen molar-refractivity contribution in [3.05, 3.63) is 24.2 Å². The number of hydrogen-bond acceptors (Lipinski definition) is 3. The van der Waals surface area contributed by atoms with Crippen molar-refractivity contribution < 1.29 is 0 Å². The fourth-order valence-corrected chi connectivity index (χ4v) is 3.88. The first-order chi connectivity index (χ1) is 8.88. The number of pyridine rings is 1. The molecule has 96 valence electrons. The second-order valence-electron chi connectivity index (χ2n) is 4.91. The molecule has 1 aliphatic heterocycles. The van der Waals surface area contributed by atoms with Crippen molar-refractivity contribution in [1.82, 2.24) is 14.5 Å². The van der Waals surface area contributed by atoms with E-state index in [0.717, 1.165) is 30.0 Å². The first-order valence-corrected chi connectivity index (χ1v) is 7.92. The SMILES string of the molecule is CCn1c(CC2CCCSC2)nc2cccnc21. The monoisotopic (exact) mass is 261 g/mol. The lowest BCUT2D eigenvalue weighted by atomic mass is 10.0. The lowest BCUT2D eigenvalue weighted by Gasteiger charge is -2.21. The highest BCUT2D eigenvalue weighted by atomic mass is 32.2. The van der Waals surface area contributed by atoms with Gasteiger partial charge in [-0.15, -0.1) is 0 Å². The molecule has 2 aromatic heterocycles. The molecule has 0 aliphatic carbocycles. The van der Waals surface area contributed by atoms with Gasteiger partial charge in [-0.25, -0.2) is 9.97 Å². The Kier molecular flexibility index (Phi) is 3.55. The van der Waals surface area contributed by atoms with Crippen LogP contribution in [0.5, 0.6) is 0 Å². The molecule has 0 amide bonds. The molecule has 1 unspecified atom stereocenters. The van der Waals surface area contributed by atoms with Gasteiger partial charge in [0.2, 0.25) is 0 Å². The first-order valence-electron chi connectivity index (χ1n) is 6.76. The normalized spacial score (nSPS) is 20.4. The highest BCUT2D eigenvalue weighted by Gasteiger charge is 2.18. The number of rotatable bonds is 3. The van der Waals surface area contributed by atoms with Crippen LogP contribution in [0.15, 0.2) is 18.3 Å². The van der Waals surface area contributed by atoms with Crippen molar-refractivity contribution in [2.75, 3.05) is 11.5 Å². The van der Waals surface area contributed by atoms with Crippen LogP contribution in [-0.2, 0) is 13.0 Å². The molecule has 2 aromatic rings. The molecule has 1 aliphatic rings. The quantitative estimate of drug-likeness (QED) is 0.850. The molecule has 3 rings (SSSR count). The number of aromatic nitrogens is 3. The van der Waals surface area contributed by atoms with Gasteiger partial charge >= 0.3 is 0 Å². The zero-order valence-corrected chi connectivity index (χ0v) is 11.6. The van der Waals surface area contributed by atoms with Crippen molar-refractivity contribution in [3.8, 4) is 0 Å². The summed E-state index contributed by atoms with van der Waals surface area (Å²) in [5.74, 6) is 4.65. The Bertz CT molecular complexity index is 529. The standard InChI is InChI=1S/C14H19N3S/c1-2-17-13(9-11-5-4-8-18-10-11)16-12-6-3-7-15-14(12)17/h3,6-7,11H,2,4-5,8-10H2,1H3. The van der Waals surface area contributed by atoms with E-state index in [2.05, 4.69) is 34.3 Å². The largest absolute Gasteiger partial charge is 0.313 e. The van der Waals surface area contributed by atoms with Gasteiger partial charge in [-0.05, 0) is 49.3 Å². The molecule has 0 N–H and O–H groups in total. The Morgan fingerprint density at radius 2 is 2.44 bits per heavy atom. The molecule has 3 heterocycles. The third kappa shape index (κ3) is 2.26. The summed E-state index contributed by atoms with van der Waals surface area (Å²) in [5, 5.41) is 0. The van der Waals surface area contributed by atoms with E-state index in [1.54, 1.807) is 0 Å². The van der Waals surface area contributed by atoms with Crippen LogP contribution >= 0.6 is 11.8 Å². The van der Waals surface area contributed by atoms with Gasteiger partial charge in [-0.1, -0.05) is 0 Å². The predicted octanol–water partition coefficient (Wildman–Crippen LogP) is 3.14. The zero-order chi connectivity index (χ0) is 12.4. The topological polar surface area (TPSA) is 30.7 Å². The summed E-state index contributed by atoms with van der Waals surface area (Å²) in [6.07, 6.45) is 5.68. The highest BCUT2D eigenvalue weighted by Crippen LogP contribution is 2.26. The maximum absolute atomic E-state index is 4.77. The van der Waals surface area contributed by atoms with Gasteiger partial charge < -0.3 is 4.57 Å². The molecule has 0 radical (unpaired) electrons. The Hall–Kier alpha value is -1.03. The molecule has 1 saturated heterocycles. The van der Waals surface area contributed by atoms with Crippen LogP contribution in [0.25, 0.3) is 11.2 Å². The molecular weight excluding hydrogens is 242 g/mol. The average molecular weight is 261 g/mol. The zero-order valence-electron chi connectivity index (χ0n) is 10.8. The number of nitrogens with zero attached hydrogens (tertiary/aromatic N) is 3. The van der Waals surface area contributed by atoms with E-state index in [1.165, 1.54) is 30.2 Å². The molecule has 18 heavy (non-hydrogen) atoms. The van der Waals surface area contributed by atoms with E-state index >= 15 is 0 Å². The Balaban J connectivity index is 1.90. The van der Waals surface area contributed by atoms with E-state index in [1.807, 2.05) is 12.3 Å². The summed E-state index contributed by atoms with van der Waals surface area (Å²) in [5.41, 5.74) is 2.08. The molecule has 4 heteroatoms. The summed E-state index contributed by atoms with van der Waals surface area (Å²) in [4.78, 5) is 9.23. The summed E-state index contributed by atoms with van der Waals surface area (Å²) in [6, 6.07) is 4.03. The lowest BCUT2D eigenvalue weighted by Crippen LogP contribution is -2.16. The molecule has 1 fully saturated rings. The van der Waals surface area contributed by atoms with Crippen molar-refractivity contribution in [2.45, 2.75) is 32.7 Å². The van der Waals surface area contributed by atoms with Crippen LogP contribution in [0.2, 0.25) is 0 Å². The van der Waals surface area contributed by atoms with Crippen molar-refractivity contribution in [3.63, 3.8) is 0 Å². The first kappa shape index (κ1) is 12.0. The third-order valence-electron chi connectivity index (χ3n) is 3.62. The van der Waals surface area contributed by atoms with Gasteiger partial charge in [0.15, 0.2) is 5.65 Å². The third-order valence-corrected chi connectivity index (χ3v) is 4.91. The van der Waals surface area contributed by atoms with Crippen molar-refractivity contribution in [2.24, 2.45) is 5.92 Å². The minimum atomic E-state index is 0.797. The molecule has 1 atom stereocenters. The molecule has 3 nitrogen and oxygen atoms in total. The predicted molar refractivity (Wildman–Crippen MR) is 77.0 cm³/mol. The Morgan fingerprint density at radius 1 is 1.50 bits per heavy atom. The maximum Gasteiger partial charge on any atom is 0.159 e. The molecular formula is C14H19N3S. The average Bonchev–Trinajstić information content (AvgIpc) is 2.77. The van der Waals surface area contributed by atoms with E-state index < -0.39 is 0 Å². The number of hydrogen-bond donors (Lipinski definition) is 0. The van der Waals surface area contributed by atoms with Gasteiger partial charge in [0.05, 0.1) is 0 Å². The van der Waals surface area contributed by atoms with E-state index in [9.17, 15) is 0 Å². The summed E-state index contributed by atoms with van der Waals surface area (Å²) in [7, 11) is 0. The number of thioether (sulfide) groups is 1. The fourth-order valence-electron chi connectivity index (χ4n) is 2.72. The fraction of sp³-hybridized carbons (Fsp3) is 0.571. The van der Waals surface area contributed by atoms with Crippen LogP contribution in [0, 0.1) is 5.92 Å². The van der Waals surface area contributed by atoms with Crippen LogP contribution < -0.4 is 0 Å². The number of imidazole rings is 1. The lowest BCUT2D eigenvalue weighted by molar-refractivity contribution is 0.497. The summed E-state index contributed by atoms with van der Waals surface area (Å²) in [6.45, 7) is 3.14. The van der Waals surface area contributed by atoms with Gasteiger partial charge in [-0.3, -0.25) is 0 Å². The second-order valence-corrected chi connectivity index (χ2v) is 6.06. The second kappa shape index (κ2) is 5.31. The maximum atomic E-state index is 4.77. The highest BCUT2D eigenvalue weighted by molar-refractivity contribution is 7.99. The molecule has 0 spiro atoms. The number of fused-ring (bicyclic) bond motifs is 1. The smallest absolute Gasteiger partial charge is 0.159 e. The van der Waals surface area contributed by atoms with Gasteiger partial charge in [-0.2, -0.15) is 11.8 Å². The summed E-state index contributed by atoms with van der Waals surface area (Å²) < 4.78 is 2.27. The van der Waals surface area contributed by atoms with Gasteiger partial charge in [0, 0.05) is 19.2 Å². The van der Waals surface area contributed by atoms with E-state index in [-0.39, 0.29) is 0 Å². The minimum absolute atomic E-state index is 0.797. The van der Waals surface area contributed by atoms with Crippen LogP contribution in [0.1, 0.15) is 25.6 Å². The molecule has 0 saturated carbocycles. The van der Waals surface area contributed by atoms with E-state index in [4.69, 9.17) is 4.98 Å². The number of aryl methyl sites for hydroxylation is 1. The van der Waals surface area contributed by atoms with Gasteiger partial charge in [0.1, 0.15) is 11.3 Å². The van der Waals surface area contributed by atoms with Crippen molar-refractivity contribution in [1.29, 1.82) is 0 Å². The van der Waals surface area contributed by atoms with Crippen LogP contribution in [-0.4, -0.2) is 26.0 Å². The Labute approximate surface area is 112 Å². The summed E-state index contributed by atoms with van der Waals surface area (Å²) >= 11 is 2.09. The van der Waals surface area contributed by atoms with Crippen LogP contribution in [0.3, 0.4) is 0 Å². The Morgan fingerprint density at radius 3 is 3.22 bits per heavy atom. The van der Waals surface area contributed by atoms with E-state index in [0.29, 0.717) is 0 Å². The minimum Gasteiger partial charge on any atom is -0.313 e. The molecule has 0 aromatic carbocycles. The van der Waals surface area contributed by atoms with Gasteiger partial charge in [0.25, 0.3) is 0 Å². The van der Waals surface area contributed by atoms with Crippen molar-refractivity contribution >= 4 is 22.9 Å². The van der Waals surface area contributed by atoms with Crippen LogP contribution in [0.4, 0.5) is 0 Å². The molecule has 0 bridgehead atoms.